The fourth-order valence-electron chi connectivity index (χ4n) is 6.85. The van der Waals surface area contributed by atoms with Crippen LogP contribution in [0.4, 0.5) is 0 Å². The molecule has 2 aromatic rings. The maximum Gasteiger partial charge on any atom is 0.245 e. The molecule has 2 aromatic carbocycles. The molecule has 3 atom stereocenters. The molecule has 7 nitrogen and oxygen atoms in total. The summed E-state index contributed by atoms with van der Waals surface area (Å²) in [6, 6.07) is 16.3. The van der Waals surface area contributed by atoms with Gasteiger partial charge in [0.05, 0.1) is 0 Å². The van der Waals surface area contributed by atoms with E-state index in [1.54, 1.807) is 0 Å². The van der Waals surface area contributed by atoms with Crippen LogP contribution in [0.2, 0.25) is 5.02 Å². The molecule has 2 amide bonds. The Bertz CT molecular complexity index is 1160. The molecule has 41 heavy (non-hydrogen) atoms. The third-order valence-electron chi connectivity index (χ3n) is 8.92. The Morgan fingerprint density at radius 3 is 2.49 bits per heavy atom. The van der Waals surface area contributed by atoms with Crippen LogP contribution in [0.3, 0.4) is 0 Å². The molecule has 1 unspecified atom stereocenters. The van der Waals surface area contributed by atoms with Crippen molar-refractivity contribution in [1.29, 1.82) is 0 Å². The SMILES string of the molecule is CC(C)CN(C1CCN(C(=O)[C@@H](Cc2ccc(Cl)cc2)NC(=O)C[C@H]2NCCc3ccccc32)CC1)C1CCNC1. The van der Waals surface area contributed by atoms with Gasteiger partial charge in [-0.25, -0.2) is 0 Å². The number of piperidine rings is 1. The second-order valence-electron chi connectivity index (χ2n) is 12.4. The van der Waals surface area contributed by atoms with Crippen LogP contribution >= 0.6 is 11.6 Å². The van der Waals surface area contributed by atoms with Gasteiger partial charge in [0.15, 0.2) is 0 Å². The molecule has 0 radical (unpaired) electrons. The number of amides is 2. The lowest BCUT2D eigenvalue weighted by atomic mass is 9.92. The van der Waals surface area contributed by atoms with Crippen LogP contribution in [-0.2, 0) is 22.4 Å². The van der Waals surface area contributed by atoms with Gasteiger partial charge in [-0.15, -0.1) is 0 Å². The van der Waals surface area contributed by atoms with E-state index in [0.29, 0.717) is 35.9 Å². The Labute approximate surface area is 250 Å². The van der Waals surface area contributed by atoms with Crippen LogP contribution in [0.5, 0.6) is 0 Å². The highest BCUT2D eigenvalue weighted by molar-refractivity contribution is 6.30. The average molecular weight is 580 g/mol. The maximum atomic E-state index is 14.0. The summed E-state index contributed by atoms with van der Waals surface area (Å²) >= 11 is 6.12. The van der Waals surface area contributed by atoms with Gasteiger partial charge in [0, 0.05) is 62.2 Å². The second-order valence-corrected chi connectivity index (χ2v) is 12.8. The fourth-order valence-corrected chi connectivity index (χ4v) is 6.97. The molecular weight excluding hydrogens is 534 g/mol. The Kier molecular flexibility index (Phi) is 10.4. The molecule has 8 heteroatoms. The lowest BCUT2D eigenvalue weighted by Crippen LogP contribution is -2.55. The largest absolute Gasteiger partial charge is 0.344 e. The number of halogens is 1. The van der Waals surface area contributed by atoms with Gasteiger partial charge in [-0.1, -0.05) is 61.8 Å². The molecule has 3 aliphatic heterocycles. The normalized spacial score (nSPS) is 22.1. The van der Waals surface area contributed by atoms with Crippen molar-refractivity contribution in [2.75, 3.05) is 39.3 Å². The van der Waals surface area contributed by atoms with Crippen molar-refractivity contribution in [1.82, 2.24) is 25.8 Å². The number of nitrogens with zero attached hydrogens (tertiary/aromatic N) is 2. The van der Waals surface area contributed by atoms with Gasteiger partial charge in [0.2, 0.25) is 11.8 Å². The molecule has 3 aliphatic rings. The van der Waals surface area contributed by atoms with E-state index in [2.05, 4.69) is 52.9 Å². The number of carbonyl (C=O) groups excluding carboxylic acids is 2. The monoisotopic (exact) mass is 579 g/mol. The smallest absolute Gasteiger partial charge is 0.245 e. The molecule has 5 rings (SSSR count). The Hall–Kier alpha value is -2.45. The summed E-state index contributed by atoms with van der Waals surface area (Å²) in [5.41, 5.74) is 3.46. The van der Waals surface area contributed by atoms with Crippen LogP contribution in [0.25, 0.3) is 0 Å². The van der Waals surface area contributed by atoms with Crippen molar-refractivity contribution in [2.24, 2.45) is 5.92 Å². The van der Waals surface area contributed by atoms with Gasteiger partial charge < -0.3 is 20.9 Å². The number of hydrogen-bond donors (Lipinski definition) is 3. The average Bonchev–Trinajstić information content (AvgIpc) is 3.51. The molecule has 0 bridgehead atoms. The van der Waals surface area contributed by atoms with Gasteiger partial charge in [-0.2, -0.15) is 0 Å². The van der Waals surface area contributed by atoms with E-state index < -0.39 is 6.04 Å². The number of benzene rings is 2. The Morgan fingerprint density at radius 2 is 1.78 bits per heavy atom. The molecule has 3 heterocycles. The van der Waals surface area contributed by atoms with E-state index >= 15 is 0 Å². The van der Waals surface area contributed by atoms with E-state index in [9.17, 15) is 9.59 Å². The fraction of sp³-hybridized carbons (Fsp3) is 0.576. The van der Waals surface area contributed by atoms with Crippen LogP contribution < -0.4 is 16.0 Å². The minimum absolute atomic E-state index is 0.0155. The highest BCUT2D eigenvalue weighted by Gasteiger charge is 2.35. The molecule has 0 spiro atoms. The van der Waals surface area contributed by atoms with Gasteiger partial charge in [-0.05, 0) is 73.5 Å². The van der Waals surface area contributed by atoms with E-state index in [1.165, 1.54) is 17.5 Å². The highest BCUT2D eigenvalue weighted by Crippen LogP contribution is 2.26. The quantitative estimate of drug-likeness (QED) is 0.397. The molecule has 0 aromatic heterocycles. The van der Waals surface area contributed by atoms with E-state index in [0.717, 1.165) is 64.1 Å². The number of nitrogens with one attached hydrogen (secondary N) is 3. The summed E-state index contributed by atoms with van der Waals surface area (Å²) in [6.45, 7) is 10.1. The van der Waals surface area contributed by atoms with Crippen molar-refractivity contribution in [3.63, 3.8) is 0 Å². The molecule has 3 N–H and O–H groups in total. The summed E-state index contributed by atoms with van der Waals surface area (Å²) in [5, 5.41) is 10.8. The number of rotatable bonds is 10. The molecule has 2 fully saturated rings. The van der Waals surface area contributed by atoms with Crippen LogP contribution in [-0.4, -0.2) is 79.0 Å². The summed E-state index contributed by atoms with van der Waals surface area (Å²) in [5.74, 6) is 0.528. The lowest BCUT2D eigenvalue weighted by molar-refractivity contribution is -0.138. The van der Waals surface area contributed by atoms with Crippen molar-refractivity contribution in [3.8, 4) is 0 Å². The van der Waals surface area contributed by atoms with Crippen LogP contribution in [0.15, 0.2) is 48.5 Å². The first-order chi connectivity index (χ1) is 19.9. The van der Waals surface area contributed by atoms with Crippen molar-refractivity contribution < 1.29 is 9.59 Å². The number of likely N-dealkylation sites (tertiary alicyclic amines) is 1. The minimum Gasteiger partial charge on any atom is -0.344 e. The van der Waals surface area contributed by atoms with Gasteiger partial charge in [-0.3, -0.25) is 14.5 Å². The van der Waals surface area contributed by atoms with E-state index in [-0.39, 0.29) is 17.9 Å². The Morgan fingerprint density at radius 1 is 1.02 bits per heavy atom. The first kappa shape index (κ1) is 30.0. The molecule has 222 valence electrons. The number of fused-ring (bicyclic) bond motifs is 1. The van der Waals surface area contributed by atoms with E-state index in [4.69, 9.17) is 11.6 Å². The first-order valence-electron chi connectivity index (χ1n) is 15.5. The highest BCUT2D eigenvalue weighted by atomic mass is 35.5. The molecule has 2 saturated heterocycles. The third-order valence-corrected chi connectivity index (χ3v) is 9.17. The summed E-state index contributed by atoms with van der Waals surface area (Å²) in [4.78, 5) is 32.0. The summed E-state index contributed by atoms with van der Waals surface area (Å²) < 4.78 is 0. The minimum atomic E-state index is -0.607. The van der Waals surface area contributed by atoms with Crippen molar-refractivity contribution in [3.05, 3.63) is 70.2 Å². The third kappa shape index (κ3) is 7.89. The van der Waals surface area contributed by atoms with Gasteiger partial charge in [0.25, 0.3) is 0 Å². The number of hydrogen-bond acceptors (Lipinski definition) is 5. The predicted molar refractivity (Wildman–Crippen MR) is 165 cm³/mol. The zero-order valence-corrected chi connectivity index (χ0v) is 25.3. The topological polar surface area (TPSA) is 76.7 Å². The van der Waals surface area contributed by atoms with E-state index in [1.807, 2.05) is 35.2 Å². The predicted octanol–water partition coefficient (Wildman–Crippen LogP) is 3.96. The second kappa shape index (κ2) is 14.1. The lowest BCUT2D eigenvalue weighted by Gasteiger charge is -2.42. The van der Waals surface area contributed by atoms with Crippen molar-refractivity contribution in [2.45, 2.75) is 76.5 Å². The zero-order chi connectivity index (χ0) is 28.8. The number of carbonyl (C=O) groups is 2. The van der Waals surface area contributed by atoms with Gasteiger partial charge >= 0.3 is 0 Å². The van der Waals surface area contributed by atoms with Gasteiger partial charge in [0.1, 0.15) is 6.04 Å². The Balaban J connectivity index is 1.25. The molecular formula is C33H46ClN5O2. The van der Waals surface area contributed by atoms with Crippen molar-refractivity contribution >= 4 is 23.4 Å². The zero-order valence-electron chi connectivity index (χ0n) is 24.6. The summed E-state index contributed by atoms with van der Waals surface area (Å²) in [6.07, 6.45) is 4.86. The standard InChI is InChI=1S/C33H46ClN5O2/c1-23(2)22-39(28-12-15-35-21-28)27-13-17-38(18-14-27)33(41)31(19-24-7-9-26(34)10-8-24)37-32(40)20-30-29-6-4-3-5-25(29)11-16-36-30/h3-10,23,27-28,30-31,35-36H,11-22H2,1-2H3,(H,37,40)/t28?,30-,31-/m1/s1. The maximum absolute atomic E-state index is 14.0. The first-order valence-corrected chi connectivity index (χ1v) is 15.9. The van der Waals surface area contributed by atoms with Crippen LogP contribution in [0.1, 0.15) is 62.3 Å². The molecule has 0 saturated carbocycles. The van der Waals surface area contributed by atoms with Crippen LogP contribution in [0, 0.1) is 5.92 Å². The summed E-state index contributed by atoms with van der Waals surface area (Å²) in [7, 11) is 0. The molecule has 0 aliphatic carbocycles.